The molecule has 0 fully saturated rings. The molecule has 0 aliphatic heterocycles. The summed E-state index contributed by atoms with van der Waals surface area (Å²) in [6.07, 6.45) is 0. The summed E-state index contributed by atoms with van der Waals surface area (Å²) in [4.78, 5) is 23.2. The van der Waals surface area contributed by atoms with Gasteiger partial charge in [-0.25, -0.2) is 8.42 Å². The van der Waals surface area contributed by atoms with Crippen LogP contribution < -0.4 is 10.0 Å². The molecule has 1 atom stereocenters. The highest BCUT2D eigenvalue weighted by Crippen LogP contribution is 2.22. The molecule has 0 spiro atoms. The lowest BCUT2D eigenvalue weighted by atomic mass is 10.1. The zero-order valence-corrected chi connectivity index (χ0v) is 14.4. The van der Waals surface area contributed by atoms with Crippen LogP contribution >= 0.6 is 11.3 Å². The number of carbonyl (C=O) groups is 2. The number of hydrogen-bond donors (Lipinski definition) is 3. The van der Waals surface area contributed by atoms with Crippen LogP contribution in [0.3, 0.4) is 0 Å². The normalized spacial score (nSPS) is 12.5. The molecule has 1 aromatic carbocycles. The molecule has 0 saturated carbocycles. The quantitative estimate of drug-likeness (QED) is 0.687. The number of amides is 1. The summed E-state index contributed by atoms with van der Waals surface area (Å²) in [5, 5.41) is 13.2. The van der Waals surface area contributed by atoms with Crippen molar-refractivity contribution >= 4 is 33.2 Å². The Bertz CT molecular complexity index is 831. The van der Waals surface area contributed by atoms with Gasteiger partial charge in [0, 0.05) is 11.9 Å². The fraction of sp³-hybridized carbons (Fsp3) is 0.200. The number of aliphatic carboxylic acids is 1. The zero-order chi connectivity index (χ0) is 17.7. The first-order valence-electron chi connectivity index (χ1n) is 7.02. The molecule has 1 aromatic heterocycles. The van der Waals surface area contributed by atoms with Crippen molar-refractivity contribution in [2.45, 2.75) is 17.9 Å². The number of carboxylic acids is 1. The van der Waals surface area contributed by atoms with Gasteiger partial charge in [-0.15, -0.1) is 11.3 Å². The van der Waals surface area contributed by atoms with E-state index in [-0.39, 0.29) is 15.7 Å². The highest BCUT2D eigenvalue weighted by molar-refractivity contribution is 7.89. The minimum Gasteiger partial charge on any atom is -0.480 e. The Hall–Kier alpha value is -2.23. The van der Waals surface area contributed by atoms with Crippen molar-refractivity contribution < 1.29 is 23.1 Å². The second-order valence-corrected chi connectivity index (χ2v) is 7.43. The van der Waals surface area contributed by atoms with E-state index in [1.54, 1.807) is 25.1 Å². The van der Waals surface area contributed by atoms with Crippen molar-refractivity contribution in [3.63, 3.8) is 0 Å². The molecule has 0 aliphatic carbocycles. The maximum Gasteiger partial charge on any atom is 0.326 e. The Morgan fingerprint density at radius 3 is 2.50 bits per heavy atom. The molecule has 3 N–H and O–H groups in total. The van der Waals surface area contributed by atoms with Crippen molar-refractivity contribution in [2.24, 2.45) is 0 Å². The Balaban J connectivity index is 2.26. The molecule has 128 valence electrons. The summed E-state index contributed by atoms with van der Waals surface area (Å²) >= 11 is 0.977. The van der Waals surface area contributed by atoms with Gasteiger partial charge in [0.15, 0.2) is 0 Å². The third-order valence-corrected chi connectivity index (χ3v) is 5.58. The molecule has 24 heavy (non-hydrogen) atoms. The van der Waals surface area contributed by atoms with Gasteiger partial charge in [-0.2, -0.15) is 4.72 Å². The molecule has 7 nitrogen and oxygen atoms in total. The average Bonchev–Trinajstić information content (AvgIpc) is 3.04. The molecule has 1 unspecified atom stereocenters. The van der Waals surface area contributed by atoms with Crippen LogP contribution in [0.2, 0.25) is 0 Å². The minimum absolute atomic E-state index is 0.143. The number of thiophene rings is 1. The number of benzene rings is 1. The minimum atomic E-state index is -4.08. The summed E-state index contributed by atoms with van der Waals surface area (Å²) < 4.78 is 27.0. The standard InChI is InChI=1S/C15H16N2O5S2/c1-2-16-14(18)12-8-11(9-23-12)24(21,22)17-13(15(19)20)10-6-4-3-5-7-10/h3-9,13,17H,2H2,1H3,(H,16,18)(H,19,20). The highest BCUT2D eigenvalue weighted by Gasteiger charge is 2.28. The lowest BCUT2D eigenvalue weighted by molar-refractivity contribution is -0.139. The molecule has 2 rings (SSSR count). The number of rotatable bonds is 7. The Morgan fingerprint density at radius 2 is 1.92 bits per heavy atom. The van der Waals surface area contributed by atoms with Crippen molar-refractivity contribution in [1.82, 2.24) is 10.0 Å². The summed E-state index contributed by atoms with van der Waals surface area (Å²) in [5.41, 5.74) is 0.313. The number of carboxylic acid groups (broad SMARTS) is 1. The lowest BCUT2D eigenvalue weighted by Gasteiger charge is -2.14. The molecule has 1 amide bonds. The largest absolute Gasteiger partial charge is 0.480 e. The fourth-order valence-electron chi connectivity index (χ4n) is 1.96. The molecular formula is C15H16N2O5S2. The number of hydrogen-bond acceptors (Lipinski definition) is 5. The predicted octanol–water partition coefficient (Wildman–Crippen LogP) is 1.60. The van der Waals surface area contributed by atoms with E-state index in [2.05, 4.69) is 10.0 Å². The number of sulfonamides is 1. The van der Waals surface area contributed by atoms with Crippen LogP contribution in [0, 0.1) is 0 Å². The van der Waals surface area contributed by atoms with Crippen LogP contribution in [0.25, 0.3) is 0 Å². The molecule has 0 bridgehead atoms. The van der Waals surface area contributed by atoms with Gasteiger partial charge in [-0.05, 0) is 18.6 Å². The smallest absolute Gasteiger partial charge is 0.326 e. The maximum absolute atomic E-state index is 12.4. The van der Waals surface area contributed by atoms with Crippen LogP contribution in [0.4, 0.5) is 0 Å². The summed E-state index contributed by atoms with van der Waals surface area (Å²) in [6.45, 7) is 2.17. The summed E-state index contributed by atoms with van der Waals surface area (Å²) in [6, 6.07) is 7.80. The zero-order valence-electron chi connectivity index (χ0n) is 12.7. The third-order valence-electron chi connectivity index (χ3n) is 3.10. The highest BCUT2D eigenvalue weighted by atomic mass is 32.2. The molecule has 0 saturated heterocycles. The first-order chi connectivity index (χ1) is 11.3. The van der Waals surface area contributed by atoms with Gasteiger partial charge in [0.1, 0.15) is 6.04 Å². The van der Waals surface area contributed by atoms with Crippen molar-refractivity contribution in [2.75, 3.05) is 6.54 Å². The Labute approximate surface area is 143 Å². The van der Waals surface area contributed by atoms with Crippen LogP contribution in [0.15, 0.2) is 46.7 Å². The molecule has 0 aliphatic rings. The summed E-state index contributed by atoms with van der Waals surface area (Å²) in [7, 11) is -4.08. The molecule has 2 aromatic rings. The van der Waals surface area contributed by atoms with Gasteiger partial charge in [-0.1, -0.05) is 30.3 Å². The maximum atomic E-state index is 12.4. The van der Waals surface area contributed by atoms with E-state index >= 15 is 0 Å². The SMILES string of the molecule is CCNC(=O)c1cc(S(=O)(=O)NC(C(=O)O)c2ccccc2)cs1. The van der Waals surface area contributed by atoms with Gasteiger partial charge < -0.3 is 10.4 Å². The lowest BCUT2D eigenvalue weighted by Crippen LogP contribution is -2.33. The first kappa shape index (κ1) is 18.1. The Kier molecular flexibility index (Phi) is 5.71. The van der Waals surface area contributed by atoms with E-state index in [9.17, 15) is 23.1 Å². The van der Waals surface area contributed by atoms with Gasteiger partial charge in [0.05, 0.1) is 9.77 Å². The van der Waals surface area contributed by atoms with Crippen molar-refractivity contribution in [3.8, 4) is 0 Å². The number of nitrogens with one attached hydrogen (secondary N) is 2. The molecule has 1 heterocycles. The van der Waals surface area contributed by atoms with E-state index in [0.717, 1.165) is 11.3 Å². The van der Waals surface area contributed by atoms with E-state index in [0.29, 0.717) is 12.1 Å². The van der Waals surface area contributed by atoms with Gasteiger partial charge >= 0.3 is 5.97 Å². The van der Waals surface area contributed by atoms with E-state index < -0.39 is 22.0 Å². The molecule has 0 radical (unpaired) electrons. The monoisotopic (exact) mass is 368 g/mol. The van der Waals surface area contributed by atoms with Gasteiger partial charge in [0.25, 0.3) is 5.91 Å². The first-order valence-corrected chi connectivity index (χ1v) is 9.38. The van der Waals surface area contributed by atoms with Crippen LogP contribution in [-0.2, 0) is 14.8 Å². The van der Waals surface area contributed by atoms with Gasteiger partial charge in [-0.3, -0.25) is 9.59 Å². The van der Waals surface area contributed by atoms with E-state index in [1.807, 2.05) is 0 Å². The van der Waals surface area contributed by atoms with Crippen LogP contribution in [0.5, 0.6) is 0 Å². The average molecular weight is 368 g/mol. The number of carbonyl (C=O) groups excluding carboxylic acids is 1. The van der Waals surface area contributed by atoms with Crippen LogP contribution in [0.1, 0.15) is 28.2 Å². The topological polar surface area (TPSA) is 113 Å². The van der Waals surface area contributed by atoms with Crippen molar-refractivity contribution in [3.05, 3.63) is 52.2 Å². The van der Waals surface area contributed by atoms with E-state index in [4.69, 9.17) is 0 Å². The second-order valence-electron chi connectivity index (χ2n) is 4.81. The fourth-order valence-corrected chi connectivity index (χ4v) is 4.32. The van der Waals surface area contributed by atoms with Crippen LogP contribution in [-0.4, -0.2) is 31.9 Å². The Morgan fingerprint density at radius 1 is 1.25 bits per heavy atom. The predicted molar refractivity (Wildman–Crippen MR) is 89.5 cm³/mol. The molecule has 9 heteroatoms. The van der Waals surface area contributed by atoms with Gasteiger partial charge in [0.2, 0.25) is 10.0 Å². The van der Waals surface area contributed by atoms with E-state index in [1.165, 1.54) is 23.6 Å². The molecular weight excluding hydrogens is 352 g/mol. The van der Waals surface area contributed by atoms with Crippen molar-refractivity contribution in [1.29, 1.82) is 0 Å². The summed E-state index contributed by atoms with van der Waals surface area (Å²) in [5.74, 6) is -1.69. The third kappa shape index (κ3) is 4.19. The second kappa shape index (κ2) is 7.56.